The van der Waals surface area contributed by atoms with E-state index in [1.807, 2.05) is 19.1 Å². The minimum absolute atomic E-state index is 0.0361. The van der Waals surface area contributed by atoms with Crippen LogP contribution in [-0.2, 0) is 11.4 Å². The van der Waals surface area contributed by atoms with Crippen LogP contribution in [0.3, 0.4) is 0 Å². The zero-order chi connectivity index (χ0) is 23.7. The first-order valence-corrected chi connectivity index (χ1v) is 12.4. The molecule has 0 saturated carbocycles. The number of hydrogen-bond donors (Lipinski definition) is 2. The average molecular weight is 484 g/mol. The van der Waals surface area contributed by atoms with Crippen LogP contribution in [0.5, 0.6) is 0 Å². The van der Waals surface area contributed by atoms with Crippen LogP contribution in [0.2, 0.25) is 0 Å². The molecule has 5 heterocycles. The third-order valence-electron chi connectivity index (χ3n) is 6.24. The SMILES string of the molecule is Cc1nc(CN2CCCC2)ccc1NC(=O)ON1CCN(c2nc(N)nc3scnc23)[C@@H](C)C1. The van der Waals surface area contributed by atoms with Crippen LogP contribution in [0.25, 0.3) is 10.3 Å². The fraction of sp³-hybridized carbons (Fsp3) is 0.500. The Bertz CT molecular complexity index is 1180. The highest BCUT2D eigenvalue weighted by molar-refractivity contribution is 7.16. The van der Waals surface area contributed by atoms with Crippen molar-refractivity contribution in [3.8, 4) is 0 Å². The lowest BCUT2D eigenvalue weighted by atomic mass is 10.2. The van der Waals surface area contributed by atoms with Gasteiger partial charge in [-0.2, -0.15) is 4.98 Å². The third kappa shape index (κ3) is 4.88. The molecular weight excluding hydrogens is 454 g/mol. The highest BCUT2D eigenvalue weighted by Gasteiger charge is 2.29. The van der Waals surface area contributed by atoms with E-state index >= 15 is 0 Å². The molecule has 1 atom stereocenters. The summed E-state index contributed by atoms with van der Waals surface area (Å²) < 4.78 is 0. The number of nitrogens with zero attached hydrogens (tertiary/aromatic N) is 7. The van der Waals surface area contributed by atoms with E-state index in [1.54, 1.807) is 10.6 Å². The molecule has 12 heteroatoms. The van der Waals surface area contributed by atoms with Gasteiger partial charge in [-0.15, -0.1) is 16.4 Å². The van der Waals surface area contributed by atoms with Gasteiger partial charge in [0.2, 0.25) is 5.95 Å². The number of nitrogens with two attached hydrogens (primary N) is 1. The largest absolute Gasteiger partial charge is 0.430 e. The van der Waals surface area contributed by atoms with Crippen molar-refractivity contribution in [1.82, 2.24) is 29.9 Å². The summed E-state index contributed by atoms with van der Waals surface area (Å²) in [6.07, 6.45) is 1.98. The van der Waals surface area contributed by atoms with E-state index in [1.165, 1.54) is 24.2 Å². The standard InChI is InChI=1S/C22H29N9O2S/c1-14-11-30(9-10-31(14)19-18-20(34-13-24-18)28-21(23)27-19)33-22(32)26-17-6-5-16(25-15(17)2)12-29-7-3-4-8-29/h5-6,13-14H,3-4,7-12H2,1-2H3,(H,26,32)(H2,23,27,28)/t14-/m0/s1. The van der Waals surface area contributed by atoms with E-state index < -0.39 is 6.09 Å². The minimum atomic E-state index is -0.522. The summed E-state index contributed by atoms with van der Waals surface area (Å²) in [5.41, 5.74) is 10.8. The number of aryl methyl sites for hydroxylation is 1. The maximum atomic E-state index is 12.6. The van der Waals surface area contributed by atoms with Gasteiger partial charge in [-0.1, -0.05) is 0 Å². The number of nitrogens with one attached hydrogen (secondary N) is 1. The third-order valence-corrected chi connectivity index (χ3v) is 6.95. The Balaban J connectivity index is 1.17. The summed E-state index contributed by atoms with van der Waals surface area (Å²) in [7, 11) is 0. The summed E-state index contributed by atoms with van der Waals surface area (Å²) in [6.45, 7) is 8.71. The molecule has 3 aromatic rings. The Morgan fingerprint density at radius 3 is 2.79 bits per heavy atom. The van der Waals surface area contributed by atoms with Crippen molar-refractivity contribution in [1.29, 1.82) is 0 Å². The second kappa shape index (κ2) is 9.65. The van der Waals surface area contributed by atoms with Crippen molar-refractivity contribution >= 4 is 45.2 Å². The quantitative estimate of drug-likeness (QED) is 0.559. The lowest BCUT2D eigenvalue weighted by Crippen LogP contribution is -2.53. The number of fused-ring (bicyclic) bond motifs is 1. The topological polar surface area (TPSA) is 126 Å². The van der Waals surface area contributed by atoms with Gasteiger partial charge in [0.1, 0.15) is 5.52 Å². The molecule has 11 nitrogen and oxygen atoms in total. The minimum Gasteiger partial charge on any atom is -0.368 e. The summed E-state index contributed by atoms with van der Waals surface area (Å²) in [5.74, 6) is 0.948. The van der Waals surface area contributed by atoms with Gasteiger partial charge in [0, 0.05) is 19.1 Å². The van der Waals surface area contributed by atoms with Gasteiger partial charge in [0.25, 0.3) is 0 Å². The number of anilines is 3. The number of rotatable bonds is 5. The molecule has 0 bridgehead atoms. The normalized spacial score (nSPS) is 19.6. The maximum Gasteiger partial charge on any atom is 0.430 e. The smallest absolute Gasteiger partial charge is 0.368 e. The number of carbonyl (C=O) groups is 1. The lowest BCUT2D eigenvalue weighted by molar-refractivity contribution is -0.103. The summed E-state index contributed by atoms with van der Waals surface area (Å²) in [4.78, 5) is 41.2. The Morgan fingerprint density at radius 2 is 2.03 bits per heavy atom. The number of hydroxylamine groups is 2. The van der Waals surface area contributed by atoms with Crippen LogP contribution in [0, 0.1) is 6.92 Å². The van der Waals surface area contributed by atoms with E-state index in [0.29, 0.717) is 25.3 Å². The van der Waals surface area contributed by atoms with Crippen LogP contribution in [0.1, 0.15) is 31.2 Å². The fourth-order valence-corrected chi connectivity index (χ4v) is 5.20. The molecule has 0 spiro atoms. The molecule has 1 amide bonds. The molecule has 2 saturated heterocycles. The molecule has 5 rings (SSSR count). The van der Waals surface area contributed by atoms with E-state index in [2.05, 4.69) is 42.0 Å². The Hall–Kier alpha value is -3.09. The number of pyridine rings is 1. The predicted molar refractivity (Wildman–Crippen MR) is 132 cm³/mol. The second-order valence-electron chi connectivity index (χ2n) is 8.76. The number of amides is 1. The molecule has 0 radical (unpaired) electrons. The molecule has 34 heavy (non-hydrogen) atoms. The molecule has 2 aliphatic rings. The second-order valence-corrected chi connectivity index (χ2v) is 9.60. The molecule has 2 fully saturated rings. The van der Waals surface area contributed by atoms with Crippen molar-refractivity contribution < 1.29 is 9.63 Å². The van der Waals surface area contributed by atoms with Crippen molar-refractivity contribution in [2.45, 2.75) is 39.3 Å². The van der Waals surface area contributed by atoms with Gasteiger partial charge in [0.05, 0.1) is 35.7 Å². The lowest BCUT2D eigenvalue weighted by Gasteiger charge is -2.39. The predicted octanol–water partition coefficient (Wildman–Crippen LogP) is 2.64. The first kappa shape index (κ1) is 22.7. The first-order chi connectivity index (χ1) is 16.5. The van der Waals surface area contributed by atoms with Crippen LogP contribution >= 0.6 is 11.3 Å². The van der Waals surface area contributed by atoms with Gasteiger partial charge < -0.3 is 15.5 Å². The Kier molecular flexibility index (Phi) is 6.44. The number of likely N-dealkylation sites (tertiary alicyclic amines) is 1. The zero-order valence-corrected chi connectivity index (χ0v) is 20.2. The summed E-state index contributed by atoms with van der Waals surface area (Å²) in [5, 5.41) is 4.50. The van der Waals surface area contributed by atoms with Crippen molar-refractivity contribution in [3.63, 3.8) is 0 Å². The molecule has 0 unspecified atom stereocenters. The van der Waals surface area contributed by atoms with Crippen molar-refractivity contribution in [2.24, 2.45) is 0 Å². The molecule has 180 valence electrons. The monoisotopic (exact) mass is 483 g/mol. The molecule has 3 aromatic heterocycles. The van der Waals surface area contributed by atoms with Crippen LogP contribution in [0.15, 0.2) is 17.6 Å². The van der Waals surface area contributed by atoms with Crippen LogP contribution in [-0.4, -0.2) is 74.8 Å². The number of thiazole rings is 1. The van der Waals surface area contributed by atoms with Gasteiger partial charge >= 0.3 is 6.09 Å². The van der Waals surface area contributed by atoms with Crippen molar-refractivity contribution in [3.05, 3.63) is 29.0 Å². The van der Waals surface area contributed by atoms with E-state index in [4.69, 9.17) is 10.6 Å². The number of hydrogen-bond acceptors (Lipinski definition) is 11. The van der Waals surface area contributed by atoms with Gasteiger partial charge in [-0.05, 0) is 51.9 Å². The summed E-state index contributed by atoms with van der Waals surface area (Å²) in [6, 6.07) is 3.90. The number of piperazine rings is 1. The molecule has 2 aliphatic heterocycles. The average Bonchev–Trinajstić information content (AvgIpc) is 3.47. The molecule has 3 N–H and O–H groups in total. The molecular formula is C22H29N9O2S. The van der Waals surface area contributed by atoms with Crippen LogP contribution in [0.4, 0.5) is 22.2 Å². The summed E-state index contributed by atoms with van der Waals surface area (Å²) >= 11 is 1.44. The van der Waals surface area contributed by atoms with E-state index in [9.17, 15) is 4.79 Å². The van der Waals surface area contributed by atoms with Crippen LogP contribution < -0.4 is 16.0 Å². The van der Waals surface area contributed by atoms with Gasteiger partial charge in [-0.25, -0.2) is 14.8 Å². The Labute approximate surface area is 201 Å². The fourth-order valence-electron chi connectivity index (χ4n) is 4.54. The zero-order valence-electron chi connectivity index (χ0n) is 19.4. The number of carbonyl (C=O) groups excluding carboxylic acids is 1. The maximum absolute atomic E-state index is 12.6. The highest BCUT2D eigenvalue weighted by atomic mass is 32.1. The van der Waals surface area contributed by atoms with Crippen molar-refractivity contribution in [2.75, 3.05) is 48.7 Å². The number of aromatic nitrogens is 4. The van der Waals surface area contributed by atoms with E-state index in [0.717, 1.165) is 47.2 Å². The van der Waals surface area contributed by atoms with Gasteiger partial charge in [-0.3, -0.25) is 15.2 Å². The number of nitrogen functional groups attached to an aromatic ring is 1. The molecule has 0 aliphatic carbocycles. The Morgan fingerprint density at radius 1 is 1.21 bits per heavy atom. The highest BCUT2D eigenvalue weighted by Crippen LogP contribution is 2.29. The first-order valence-electron chi connectivity index (χ1n) is 11.5. The molecule has 0 aromatic carbocycles. The van der Waals surface area contributed by atoms with E-state index in [-0.39, 0.29) is 12.0 Å². The van der Waals surface area contributed by atoms with Gasteiger partial charge in [0.15, 0.2) is 10.6 Å².